The Labute approximate surface area is 168 Å². The molecule has 4 aromatic rings. The summed E-state index contributed by atoms with van der Waals surface area (Å²) < 4.78 is 11.4. The number of thiazole rings is 1. The van der Waals surface area contributed by atoms with Crippen LogP contribution in [0.3, 0.4) is 0 Å². The standard InChI is InChI=1S/C19H17N3O4S2/c1-11-13(21-18(26-11)14-3-2-8-27-14)6-7-25-16-5-4-12(10-20-16)9-15-17(23)22-19(24)28-15/h2-5,8,10,23H,6-7,9H2,1H3,(H,22,24). The lowest BCUT2D eigenvalue weighted by Crippen LogP contribution is -2.04. The molecule has 9 heteroatoms. The topological polar surface area (TPSA) is 101 Å². The van der Waals surface area contributed by atoms with Gasteiger partial charge >= 0.3 is 4.87 Å². The van der Waals surface area contributed by atoms with Crippen molar-refractivity contribution < 1.29 is 14.3 Å². The Balaban J connectivity index is 1.33. The van der Waals surface area contributed by atoms with Gasteiger partial charge in [-0.1, -0.05) is 23.5 Å². The number of H-pyrrole nitrogens is 1. The molecule has 0 aliphatic rings. The minimum absolute atomic E-state index is 0.0831. The van der Waals surface area contributed by atoms with Gasteiger partial charge < -0.3 is 14.3 Å². The highest BCUT2D eigenvalue weighted by Gasteiger charge is 2.12. The van der Waals surface area contributed by atoms with E-state index in [0.717, 1.165) is 33.2 Å². The van der Waals surface area contributed by atoms with Crippen molar-refractivity contribution in [3.63, 3.8) is 0 Å². The maximum absolute atomic E-state index is 11.2. The molecule has 4 heterocycles. The Hall–Kier alpha value is -2.91. The van der Waals surface area contributed by atoms with E-state index in [2.05, 4.69) is 15.0 Å². The molecule has 28 heavy (non-hydrogen) atoms. The summed E-state index contributed by atoms with van der Waals surface area (Å²) in [5.74, 6) is 1.86. The summed E-state index contributed by atoms with van der Waals surface area (Å²) in [6.45, 7) is 2.33. The van der Waals surface area contributed by atoms with Gasteiger partial charge in [0.15, 0.2) is 0 Å². The van der Waals surface area contributed by atoms with Gasteiger partial charge in [-0.3, -0.25) is 9.78 Å². The van der Waals surface area contributed by atoms with E-state index in [1.165, 1.54) is 0 Å². The Morgan fingerprint density at radius 2 is 2.21 bits per heavy atom. The molecule has 7 nitrogen and oxygen atoms in total. The van der Waals surface area contributed by atoms with E-state index in [-0.39, 0.29) is 10.8 Å². The first-order valence-electron chi connectivity index (χ1n) is 8.57. The van der Waals surface area contributed by atoms with Gasteiger partial charge in [0, 0.05) is 25.1 Å². The first-order chi connectivity index (χ1) is 13.6. The number of pyridine rings is 1. The molecule has 0 amide bonds. The van der Waals surface area contributed by atoms with Crippen LogP contribution in [-0.2, 0) is 12.8 Å². The number of oxazole rings is 1. The number of aryl methyl sites for hydroxylation is 1. The lowest BCUT2D eigenvalue weighted by Gasteiger charge is -2.05. The number of hydrogen-bond donors (Lipinski definition) is 2. The van der Waals surface area contributed by atoms with Gasteiger partial charge in [-0.25, -0.2) is 9.97 Å². The average molecular weight is 415 g/mol. The zero-order valence-electron chi connectivity index (χ0n) is 15.0. The summed E-state index contributed by atoms with van der Waals surface area (Å²) in [6.07, 6.45) is 2.73. The predicted octanol–water partition coefficient (Wildman–Crippen LogP) is 3.77. The third-order valence-corrected chi connectivity index (χ3v) is 5.81. The summed E-state index contributed by atoms with van der Waals surface area (Å²) in [7, 11) is 0. The summed E-state index contributed by atoms with van der Waals surface area (Å²) >= 11 is 2.58. The van der Waals surface area contributed by atoms with Crippen molar-refractivity contribution in [1.29, 1.82) is 0 Å². The molecule has 0 aliphatic heterocycles. The lowest BCUT2D eigenvalue weighted by molar-refractivity contribution is 0.307. The molecule has 0 fully saturated rings. The summed E-state index contributed by atoms with van der Waals surface area (Å²) in [4.78, 5) is 23.7. The molecule has 144 valence electrons. The van der Waals surface area contributed by atoms with E-state index in [9.17, 15) is 9.90 Å². The van der Waals surface area contributed by atoms with Gasteiger partial charge in [-0.05, 0) is 23.9 Å². The smallest absolute Gasteiger partial charge is 0.307 e. The molecule has 4 aromatic heterocycles. The summed E-state index contributed by atoms with van der Waals surface area (Å²) in [6, 6.07) is 7.58. The van der Waals surface area contributed by atoms with Gasteiger partial charge in [0.25, 0.3) is 0 Å². The number of nitrogens with zero attached hydrogens (tertiary/aromatic N) is 2. The van der Waals surface area contributed by atoms with Crippen molar-refractivity contribution in [1.82, 2.24) is 15.0 Å². The Bertz CT molecular complexity index is 1110. The number of aromatic amines is 1. The molecule has 2 N–H and O–H groups in total. The molecular formula is C19H17N3O4S2. The fourth-order valence-corrected chi connectivity index (χ4v) is 4.08. The summed E-state index contributed by atoms with van der Waals surface area (Å²) in [5.41, 5.74) is 1.75. The third-order valence-electron chi connectivity index (χ3n) is 4.08. The van der Waals surface area contributed by atoms with E-state index in [0.29, 0.717) is 36.1 Å². The fourth-order valence-electron chi connectivity index (χ4n) is 2.68. The largest absolute Gasteiger partial charge is 0.494 e. The molecule has 0 saturated heterocycles. The SMILES string of the molecule is Cc1oc(-c2cccs2)nc1CCOc1ccc(Cc2sc(=O)[nH]c2O)cn1. The first kappa shape index (κ1) is 18.5. The van der Waals surface area contributed by atoms with Crippen LogP contribution >= 0.6 is 22.7 Å². The van der Waals surface area contributed by atoms with Crippen LogP contribution in [0, 0.1) is 6.92 Å². The number of rotatable bonds is 7. The molecule has 4 rings (SSSR count). The van der Waals surface area contributed by atoms with Crippen molar-refractivity contribution in [3.05, 3.63) is 67.4 Å². The van der Waals surface area contributed by atoms with Crippen LogP contribution < -0.4 is 9.61 Å². The van der Waals surface area contributed by atoms with Crippen LogP contribution in [0.25, 0.3) is 10.8 Å². The molecular weight excluding hydrogens is 398 g/mol. The molecule has 0 aliphatic carbocycles. The van der Waals surface area contributed by atoms with Crippen molar-refractivity contribution in [2.24, 2.45) is 0 Å². The van der Waals surface area contributed by atoms with E-state index < -0.39 is 0 Å². The van der Waals surface area contributed by atoms with Gasteiger partial charge in [0.1, 0.15) is 5.76 Å². The number of hydrogen-bond acceptors (Lipinski definition) is 8. The second kappa shape index (κ2) is 7.99. The van der Waals surface area contributed by atoms with Gasteiger partial charge in [-0.2, -0.15) is 0 Å². The monoisotopic (exact) mass is 415 g/mol. The van der Waals surface area contributed by atoms with Crippen molar-refractivity contribution in [2.45, 2.75) is 19.8 Å². The van der Waals surface area contributed by atoms with Gasteiger partial charge in [0.05, 0.1) is 22.1 Å². The molecule has 0 saturated carbocycles. The van der Waals surface area contributed by atoms with E-state index in [4.69, 9.17) is 9.15 Å². The van der Waals surface area contributed by atoms with E-state index in [1.807, 2.05) is 30.5 Å². The van der Waals surface area contributed by atoms with Gasteiger partial charge in [-0.15, -0.1) is 11.3 Å². The normalized spacial score (nSPS) is 11.0. The lowest BCUT2D eigenvalue weighted by atomic mass is 10.2. The number of aromatic hydroxyl groups is 1. The van der Waals surface area contributed by atoms with Crippen LogP contribution in [0.2, 0.25) is 0 Å². The van der Waals surface area contributed by atoms with Crippen LogP contribution in [0.5, 0.6) is 11.8 Å². The second-order valence-electron chi connectivity index (χ2n) is 6.07. The van der Waals surface area contributed by atoms with Crippen molar-refractivity contribution in [2.75, 3.05) is 6.61 Å². The quantitative estimate of drug-likeness (QED) is 0.476. The second-order valence-corrected chi connectivity index (χ2v) is 8.08. The highest BCUT2D eigenvalue weighted by Crippen LogP contribution is 2.26. The third kappa shape index (κ3) is 4.15. The van der Waals surface area contributed by atoms with Crippen molar-refractivity contribution >= 4 is 22.7 Å². The highest BCUT2D eigenvalue weighted by molar-refractivity contribution is 7.13. The number of aromatic nitrogens is 3. The number of nitrogens with one attached hydrogen (secondary N) is 1. The van der Waals surface area contributed by atoms with Crippen molar-refractivity contribution in [3.8, 4) is 22.5 Å². The zero-order valence-corrected chi connectivity index (χ0v) is 16.6. The van der Waals surface area contributed by atoms with Crippen LogP contribution in [0.15, 0.2) is 45.1 Å². The molecule has 0 spiro atoms. The summed E-state index contributed by atoms with van der Waals surface area (Å²) in [5, 5.41) is 11.6. The van der Waals surface area contributed by atoms with E-state index >= 15 is 0 Å². The van der Waals surface area contributed by atoms with Gasteiger partial charge in [0.2, 0.25) is 17.7 Å². The minimum atomic E-state index is -0.272. The van der Waals surface area contributed by atoms with E-state index in [1.54, 1.807) is 23.6 Å². The minimum Gasteiger partial charge on any atom is -0.494 e. The highest BCUT2D eigenvalue weighted by atomic mass is 32.1. The Morgan fingerprint density at radius 3 is 2.89 bits per heavy atom. The van der Waals surface area contributed by atoms with Crippen LogP contribution in [0.1, 0.15) is 21.9 Å². The first-order valence-corrected chi connectivity index (χ1v) is 10.3. The maximum Gasteiger partial charge on any atom is 0.307 e. The molecule has 0 atom stereocenters. The molecule has 0 radical (unpaired) electrons. The van der Waals surface area contributed by atoms with Crippen LogP contribution in [0.4, 0.5) is 0 Å². The average Bonchev–Trinajstić information content (AvgIpc) is 3.39. The van der Waals surface area contributed by atoms with Crippen LogP contribution in [-0.4, -0.2) is 26.7 Å². The number of ether oxygens (including phenoxy) is 1. The zero-order chi connectivity index (χ0) is 19.5. The predicted molar refractivity (Wildman–Crippen MR) is 107 cm³/mol. The Kier molecular flexibility index (Phi) is 5.27. The Morgan fingerprint density at radius 1 is 1.32 bits per heavy atom. The molecule has 0 bridgehead atoms. The molecule has 0 unspecified atom stereocenters. The maximum atomic E-state index is 11.2. The molecule has 0 aromatic carbocycles. The number of thiophene rings is 1. The fraction of sp³-hybridized carbons (Fsp3) is 0.211.